The molecule has 1 saturated heterocycles. The maximum absolute atomic E-state index is 15.1. The van der Waals surface area contributed by atoms with Gasteiger partial charge in [0.2, 0.25) is 11.8 Å². The maximum atomic E-state index is 15.1. The zero-order chi connectivity index (χ0) is 25.3. The molecule has 4 aromatic rings. The number of nitrogens with zero attached hydrogens (tertiary/aromatic N) is 5. The third kappa shape index (κ3) is 5.05. The van der Waals surface area contributed by atoms with Crippen LogP contribution in [0.2, 0.25) is 0 Å². The molecule has 36 heavy (non-hydrogen) atoms. The number of halogens is 4. The highest BCUT2D eigenvalue weighted by atomic mass is 19.4. The van der Waals surface area contributed by atoms with Crippen LogP contribution in [0.4, 0.5) is 23.2 Å². The molecule has 0 radical (unpaired) electrons. The Balaban J connectivity index is 1.43. The molecule has 1 aromatic carbocycles. The average Bonchev–Trinajstić information content (AvgIpc) is 3.60. The lowest BCUT2D eigenvalue weighted by Crippen LogP contribution is -2.12. The van der Waals surface area contributed by atoms with Gasteiger partial charge in [0.15, 0.2) is 11.6 Å². The fourth-order valence-electron chi connectivity index (χ4n) is 3.65. The summed E-state index contributed by atoms with van der Waals surface area (Å²) in [5, 5.41) is 10.7. The molecule has 3 aromatic heterocycles. The Kier molecular flexibility index (Phi) is 6.14. The number of carbonyl (C=O) groups excluding carboxylic acids is 1. The van der Waals surface area contributed by atoms with Gasteiger partial charge in [-0.2, -0.15) is 23.4 Å². The summed E-state index contributed by atoms with van der Waals surface area (Å²) in [6, 6.07) is 5.63. The van der Waals surface area contributed by atoms with Gasteiger partial charge in [0.25, 0.3) is 0 Å². The molecule has 1 amide bonds. The lowest BCUT2D eigenvalue weighted by molar-refractivity contribution is -0.112. The van der Waals surface area contributed by atoms with Crippen LogP contribution in [-0.2, 0) is 9.53 Å². The second-order valence-corrected chi connectivity index (χ2v) is 7.90. The van der Waals surface area contributed by atoms with Crippen LogP contribution in [0.15, 0.2) is 61.2 Å². The van der Waals surface area contributed by atoms with Crippen molar-refractivity contribution in [1.29, 1.82) is 0 Å². The minimum absolute atomic E-state index is 0.0290. The lowest BCUT2D eigenvalue weighted by atomic mass is 10.2. The summed E-state index contributed by atoms with van der Waals surface area (Å²) >= 11 is 0. The number of hydrogen-bond donors (Lipinski definition) is 1. The highest BCUT2D eigenvalue weighted by Gasteiger charge is 2.23. The van der Waals surface area contributed by atoms with Crippen LogP contribution in [-0.4, -0.2) is 49.7 Å². The second kappa shape index (κ2) is 9.41. The number of alkyl halides is 3. The Bertz CT molecular complexity index is 1440. The van der Waals surface area contributed by atoms with Crippen LogP contribution in [0.3, 0.4) is 0 Å². The first-order valence-corrected chi connectivity index (χ1v) is 10.8. The van der Waals surface area contributed by atoms with Gasteiger partial charge in [-0.25, -0.2) is 13.9 Å². The van der Waals surface area contributed by atoms with Crippen molar-refractivity contribution in [2.75, 3.05) is 18.5 Å². The summed E-state index contributed by atoms with van der Waals surface area (Å²) in [4.78, 5) is 16.3. The van der Waals surface area contributed by atoms with Gasteiger partial charge in [-0.1, -0.05) is 6.07 Å². The van der Waals surface area contributed by atoms with Gasteiger partial charge in [0.05, 0.1) is 42.6 Å². The average molecular weight is 502 g/mol. The predicted molar refractivity (Wildman–Crippen MR) is 119 cm³/mol. The van der Waals surface area contributed by atoms with Crippen molar-refractivity contribution in [3.63, 3.8) is 0 Å². The van der Waals surface area contributed by atoms with Gasteiger partial charge in [-0.15, -0.1) is 0 Å². The number of benzene rings is 1. The van der Waals surface area contributed by atoms with Crippen molar-refractivity contribution < 1.29 is 31.8 Å². The van der Waals surface area contributed by atoms with Crippen LogP contribution < -0.4 is 10.1 Å². The molecule has 1 aliphatic rings. The van der Waals surface area contributed by atoms with Crippen molar-refractivity contribution in [1.82, 2.24) is 24.4 Å². The molecule has 4 heterocycles. The molecule has 0 spiro atoms. The summed E-state index contributed by atoms with van der Waals surface area (Å²) in [6.45, 7) is 1.23. The smallest absolute Gasteiger partial charge is 0.409 e. The van der Waals surface area contributed by atoms with Gasteiger partial charge in [-0.3, -0.25) is 9.48 Å². The van der Waals surface area contributed by atoms with Crippen LogP contribution in [0.5, 0.6) is 11.6 Å². The van der Waals surface area contributed by atoms with E-state index in [0.29, 0.717) is 30.0 Å². The fourth-order valence-corrected chi connectivity index (χ4v) is 3.65. The Morgan fingerprint density at radius 3 is 2.86 bits per heavy atom. The zero-order valence-electron chi connectivity index (χ0n) is 18.4. The molecular weight excluding hydrogens is 484 g/mol. The Morgan fingerprint density at radius 1 is 1.22 bits per heavy atom. The fraction of sp³-hybridized carbons (Fsp3) is 0.217. The van der Waals surface area contributed by atoms with E-state index in [1.54, 1.807) is 23.1 Å². The monoisotopic (exact) mass is 502 g/mol. The Morgan fingerprint density at radius 2 is 2.08 bits per heavy atom. The van der Waals surface area contributed by atoms with E-state index in [0.717, 1.165) is 6.42 Å². The number of amides is 1. The summed E-state index contributed by atoms with van der Waals surface area (Å²) in [6.07, 6.45) is 2.87. The highest BCUT2D eigenvalue weighted by Crippen LogP contribution is 2.32. The molecule has 1 aliphatic heterocycles. The number of fused-ring (bicyclic) bond motifs is 1. The van der Waals surface area contributed by atoms with Gasteiger partial charge >= 0.3 is 6.18 Å². The standard InChI is InChI=1S/C23H18F4N6O3/c24-21-16(30-20(34)4-7-23(25,26)27)2-1-3-19(21)36-22-18-5-8-28-33(18)12-17(31-22)14-10-29-32(11-14)15-6-9-35-13-15/h1-5,7-8,10-12,15H,6,9,13H2,(H,30,34). The van der Waals surface area contributed by atoms with Crippen molar-refractivity contribution >= 4 is 17.1 Å². The predicted octanol–water partition coefficient (Wildman–Crippen LogP) is 4.54. The van der Waals surface area contributed by atoms with Crippen molar-refractivity contribution in [3.05, 3.63) is 67.0 Å². The van der Waals surface area contributed by atoms with E-state index in [4.69, 9.17) is 9.47 Å². The van der Waals surface area contributed by atoms with E-state index in [1.165, 1.54) is 28.9 Å². The van der Waals surface area contributed by atoms with Crippen molar-refractivity contribution in [2.45, 2.75) is 18.6 Å². The topological polar surface area (TPSA) is 95.6 Å². The third-order valence-corrected chi connectivity index (χ3v) is 5.38. The van der Waals surface area contributed by atoms with Crippen molar-refractivity contribution in [3.8, 4) is 22.9 Å². The van der Waals surface area contributed by atoms with Gasteiger partial charge in [0, 0.05) is 30.5 Å². The van der Waals surface area contributed by atoms with Crippen LogP contribution >= 0.6 is 0 Å². The van der Waals surface area contributed by atoms with E-state index in [2.05, 4.69) is 20.5 Å². The first kappa shape index (κ1) is 23.5. The van der Waals surface area contributed by atoms with E-state index < -0.39 is 17.9 Å². The number of allylic oxidation sites excluding steroid dienone is 1. The number of nitrogens with one attached hydrogen (secondary N) is 1. The highest BCUT2D eigenvalue weighted by molar-refractivity contribution is 5.99. The normalized spacial score (nSPS) is 16.2. The molecule has 1 fully saturated rings. The minimum atomic E-state index is -4.67. The SMILES string of the molecule is O=C(C=CC(F)(F)F)Nc1cccc(Oc2nc(-c3cnn(C4CCOC4)c3)cn3nccc23)c1F. The van der Waals surface area contributed by atoms with Gasteiger partial charge in [0.1, 0.15) is 5.52 Å². The molecule has 1 atom stereocenters. The van der Waals surface area contributed by atoms with E-state index in [-0.39, 0.29) is 35.5 Å². The lowest BCUT2D eigenvalue weighted by Gasteiger charge is -2.11. The number of hydrogen-bond acceptors (Lipinski definition) is 6. The van der Waals surface area contributed by atoms with E-state index >= 15 is 4.39 Å². The quantitative estimate of drug-likeness (QED) is 0.307. The molecule has 186 valence electrons. The van der Waals surface area contributed by atoms with Gasteiger partial charge < -0.3 is 14.8 Å². The molecule has 0 bridgehead atoms. The molecule has 1 unspecified atom stereocenters. The van der Waals surface area contributed by atoms with Crippen LogP contribution in [0, 0.1) is 5.82 Å². The molecule has 0 saturated carbocycles. The number of rotatable bonds is 6. The Labute approximate surface area is 201 Å². The largest absolute Gasteiger partial charge is 0.434 e. The number of carbonyl (C=O) groups is 1. The maximum Gasteiger partial charge on any atom is 0.409 e. The molecule has 5 rings (SSSR count). The third-order valence-electron chi connectivity index (χ3n) is 5.38. The molecule has 0 aliphatic carbocycles. The summed E-state index contributed by atoms with van der Waals surface area (Å²) in [5.41, 5.74) is 1.23. The second-order valence-electron chi connectivity index (χ2n) is 7.90. The van der Waals surface area contributed by atoms with E-state index in [9.17, 15) is 18.0 Å². The number of ether oxygens (including phenoxy) is 2. The van der Waals surface area contributed by atoms with Gasteiger partial charge in [-0.05, 0) is 24.6 Å². The first-order valence-electron chi connectivity index (χ1n) is 10.8. The number of anilines is 1. The summed E-state index contributed by atoms with van der Waals surface area (Å²) in [7, 11) is 0. The molecule has 9 nitrogen and oxygen atoms in total. The zero-order valence-corrected chi connectivity index (χ0v) is 18.4. The Hall–Kier alpha value is -4.26. The minimum Gasteiger partial charge on any atom is -0.434 e. The van der Waals surface area contributed by atoms with Crippen molar-refractivity contribution in [2.24, 2.45) is 0 Å². The molecule has 13 heteroatoms. The van der Waals surface area contributed by atoms with Crippen LogP contribution in [0.1, 0.15) is 12.5 Å². The number of aromatic nitrogens is 5. The first-order chi connectivity index (χ1) is 17.3. The summed E-state index contributed by atoms with van der Waals surface area (Å²) < 4.78 is 66.4. The molecule has 1 N–H and O–H groups in total. The van der Waals surface area contributed by atoms with Crippen LogP contribution in [0.25, 0.3) is 16.8 Å². The molecular formula is C23H18F4N6O3. The summed E-state index contributed by atoms with van der Waals surface area (Å²) in [5.74, 6) is -2.39. The van der Waals surface area contributed by atoms with E-state index in [1.807, 2.05) is 6.20 Å².